The molecule has 0 bridgehead atoms. The minimum atomic E-state index is 0.0725. The highest BCUT2D eigenvalue weighted by atomic mass is 32.2. The monoisotopic (exact) mass is 270 g/mol. The molecule has 3 nitrogen and oxygen atoms in total. The Morgan fingerprint density at radius 2 is 2.00 bits per heavy atom. The summed E-state index contributed by atoms with van der Waals surface area (Å²) in [6.07, 6.45) is 9.37. The van der Waals surface area contributed by atoms with E-state index in [1.165, 1.54) is 25.7 Å². The number of carbonyl (C=O) groups is 1. The van der Waals surface area contributed by atoms with Gasteiger partial charge in [-0.1, -0.05) is 13.3 Å². The molecule has 1 saturated carbocycles. The molecule has 18 heavy (non-hydrogen) atoms. The van der Waals surface area contributed by atoms with Gasteiger partial charge in [-0.3, -0.25) is 10.1 Å². The maximum Gasteiger partial charge on any atom is 0.241 e. The van der Waals surface area contributed by atoms with Crippen molar-refractivity contribution in [2.45, 2.75) is 75.9 Å². The van der Waals surface area contributed by atoms with Crippen LogP contribution in [-0.2, 0) is 4.79 Å². The van der Waals surface area contributed by atoms with Gasteiger partial charge < -0.3 is 4.90 Å². The average Bonchev–Trinajstić information content (AvgIpc) is 2.65. The van der Waals surface area contributed by atoms with Crippen LogP contribution in [0.25, 0.3) is 0 Å². The molecule has 1 heterocycles. The third kappa shape index (κ3) is 2.85. The zero-order valence-corrected chi connectivity index (χ0v) is 12.6. The normalized spacial score (nSPS) is 37.3. The number of carbonyl (C=O) groups excluding carboxylic acids is 1. The Labute approximate surface area is 115 Å². The second-order valence-corrected chi connectivity index (χ2v) is 6.73. The summed E-state index contributed by atoms with van der Waals surface area (Å²) in [7, 11) is 0. The fraction of sp³-hybridized carbons (Fsp3) is 0.929. The number of thioether (sulfide) groups is 1. The number of hydrogen-bond acceptors (Lipinski definition) is 3. The summed E-state index contributed by atoms with van der Waals surface area (Å²) in [5.41, 5.74) is 0. The van der Waals surface area contributed by atoms with Crippen molar-refractivity contribution in [2.75, 3.05) is 6.26 Å². The van der Waals surface area contributed by atoms with E-state index in [4.69, 9.17) is 0 Å². The van der Waals surface area contributed by atoms with Crippen molar-refractivity contribution in [1.82, 2.24) is 10.2 Å². The summed E-state index contributed by atoms with van der Waals surface area (Å²) in [4.78, 5) is 14.6. The van der Waals surface area contributed by atoms with Crippen LogP contribution >= 0.6 is 11.8 Å². The van der Waals surface area contributed by atoms with E-state index in [9.17, 15) is 4.79 Å². The zero-order valence-electron chi connectivity index (χ0n) is 11.8. The van der Waals surface area contributed by atoms with Gasteiger partial charge in [0.2, 0.25) is 5.91 Å². The maximum absolute atomic E-state index is 12.4. The van der Waals surface area contributed by atoms with Crippen molar-refractivity contribution < 1.29 is 4.79 Å². The largest absolute Gasteiger partial charge is 0.323 e. The van der Waals surface area contributed by atoms with E-state index in [1.54, 1.807) is 0 Å². The molecule has 104 valence electrons. The van der Waals surface area contributed by atoms with Gasteiger partial charge in [0.1, 0.15) is 0 Å². The molecule has 4 heteroatoms. The number of hydrogen-bond donors (Lipinski definition) is 1. The first-order chi connectivity index (χ1) is 8.67. The fourth-order valence-electron chi connectivity index (χ4n) is 3.36. The lowest BCUT2D eigenvalue weighted by atomic mass is 9.93. The summed E-state index contributed by atoms with van der Waals surface area (Å²) in [6, 6.07) is 0.550. The number of amides is 1. The van der Waals surface area contributed by atoms with E-state index in [0.717, 1.165) is 18.1 Å². The van der Waals surface area contributed by atoms with E-state index < -0.39 is 0 Å². The molecular formula is C14H26N2OS. The maximum atomic E-state index is 12.4. The van der Waals surface area contributed by atoms with Crippen molar-refractivity contribution in [1.29, 1.82) is 0 Å². The van der Waals surface area contributed by atoms with Gasteiger partial charge in [0.05, 0.1) is 12.2 Å². The highest BCUT2D eigenvalue weighted by molar-refractivity contribution is 7.99. The van der Waals surface area contributed by atoms with E-state index in [0.29, 0.717) is 11.9 Å². The SMILES string of the molecule is CCCC1NC(C)N(C2CCC(SC)CC2)C1=O. The molecule has 0 aromatic rings. The molecule has 0 aromatic carbocycles. The highest BCUT2D eigenvalue weighted by Gasteiger charge is 2.40. The molecule has 2 unspecified atom stereocenters. The third-order valence-electron chi connectivity index (χ3n) is 4.36. The molecular weight excluding hydrogens is 244 g/mol. The first-order valence-corrected chi connectivity index (χ1v) is 8.57. The van der Waals surface area contributed by atoms with Crippen LogP contribution in [0.15, 0.2) is 0 Å². The minimum absolute atomic E-state index is 0.0725. The molecule has 0 aromatic heterocycles. The standard InChI is InChI=1S/C14H26N2OS/c1-4-5-13-14(17)16(10(2)15-13)11-6-8-12(18-3)9-7-11/h10-13,15H,4-9H2,1-3H3. The van der Waals surface area contributed by atoms with Crippen molar-refractivity contribution in [2.24, 2.45) is 0 Å². The first kappa shape index (κ1) is 14.2. The summed E-state index contributed by atoms with van der Waals surface area (Å²) < 4.78 is 0. The van der Waals surface area contributed by atoms with Crippen LogP contribution < -0.4 is 5.32 Å². The van der Waals surface area contributed by atoms with Crippen LogP contribution in [0.5, 0.6) is 0 Å². The Morgan fingerprint density at radius 1 is 1.33 bits per heavy atom. The van der Waals surface area contributed by atoms with E-state index >= 15 is 0 Å². The van der Waals surface area contributed by atoms with Gasteiger partial charge in [-0.2, -0.15) is 11.8 Å². The molecule has 1 aliphatic carbocycles. The Balaban J connectivity index is 1.94. The van der Waals surface area contributed by atoms with Crippen molar-refractivity contribution in [3.05, 3.63) is 0 Å². The fourth-order valence-corrected chi connectivity index (χ4v) is 4.11. The molecule has 1 N–H and O–H groups in total. The topological polar surface area (TPSA) is 32.3 Å². The molecule has 1 aliphatic heterocycles. The number of nitrogens with zero attached hydrogens (tertiary/aromatic N) is 1. The van der Waals surface area contributed by atoms with Gasteiger partial charge in [-0.25, -0.2) is 0 Å². The number of nitrogens with one attached hydrogen (secondary N) is 1. The summed E-state index contributed by atoms with van der Waals surface area (Å²) in [6.45, 7) is 4.28. The number of rotatable bonds is 4. The predicted octanol–water partition coefficient (Wildman–Crippen LogP) is 2.61. The van der Waals surface area contributed by atoms with Gasteiger partial charge in [-0.15, -0.1) is 0 Å². The van der Waals surface area contributed by atoms with Gasteiger partial charge in [0, 0.05) is 11.3 Å². The molecule has 0 spiro atoms. The second-order valence-electron chi connectivity index (χ2n) is 5.60. The quantitative estimate of drug-likeness (QED) is 0.852. The van der Waals surface area contributed by atoms with Crippen LogP contribution in [0.1, 0.15) is 52.4 Å². The van der Waals surface area contributed by atoms with Crippen molar-refractivity contribution >= 4 is 17.7 Å². The molecule has 2 fully saturated rings. The molecule has 1 amide bonds. The van der Waals surface area contributed by atoms with Gasteiger partial charge in [0.15, 0.2) is 0 Å². The Bertz CT molecular complexity index is 290. The first-order valence-electron chi connectivity index (χ1n) is 7.28. The van der Waals surface area contributed by atoms with Crippen LogP contribution in [0.2, 0.25) is 0 Å². The molecule has 2 atom stereocenters. The lowest BCUT2D eigenvalue weighted by molar-refractivity contribution is -0.132. The van der Waals surface area contributed by atoms with Crippen LogP contribution in [0.4, 0.5) is 0 Å². The summed E-state index contributed by atoms with van der Waals surface area (Å²) >= 11 is 1.98. The van der Waals surface area contributed by atoms with E-state index in [2.05, 4.69) is 30.3 Å². The third-order valence-corrected chi connectivity index (χ3v) is 5.50. The van der Waals surface area contributed by atoms with E-state index in [-0.39, 0.29) is 12.2 Å². The zero-order chi connectivity index (χ0) is 13.1. The average molecular weight is 270 g/mol. The minimum Gasteiger partial charge on any atom is -0.323 e. The van der Waals surface area contributed by atoms with Gasteiger partial charge in [0.25, 0.3) is 0 Å². The second kappa shape index (κ2) is 6.29. The van der Waals surface area contributed by atoms with Crippen LogP contribution in [-0.4, -0.2) is 40.6 Å². The molecule has 1 saturated heterocycles. The Morgan fingerprint density at radius 3 is 2.56 bits per heavy atom. The van der Waals surface area contributed by atoms with Gasteiger partial charge >= 0.3 is 0 Å². The van der Waals surface area contributed by atoms with E-state index in [1.807, 2.05) is 11.8 Å². The molecule has 2 rings (SSSR count). The smallest absolute Gasteiger partial charge is 0.241 e. The lowest BCUT2D eigenvalue weighted by Crippen LogP contribution is -2.45. The Hall–Kier alpha value is -0.220. The molecule has 2 aliphatic rings. The van der Waals surface area contributed by atoms with Crippen molar-refractivity contribution in [3.8, 4) is 0 Å². The molecule has 0 radical (unpaired) electrons. The highest BCUT2D eigenvalue weighted by Crippen LogP contribution is 2.32. The summed E-state index contributed by atoms with van der Waals surface area (Å²) in [5, 5.41) is 4.26. The summed E-state index contributed by atoms with van der Waals surface area (Å²) in [5.74, 6) is 0.344. The van der Waals surface area contributed by atoms with Crippen LogP contribution in [0, 0.1) is 0 Å². The lowest BCUT2D eigenvalue weighted by Gasteiger charge is -2.36. The van der Waals surface area contributed by atoms with Gasteiger partial charge in [-0.05, 0) is 45.3 Å². The van der Waals surface area contributed by atoms with Crippen molar-refractivity contribution in [3.63, 3.8) is 0 Å². The van der Waals surface area contributed by atoms with Crippen LogP contribution in [0.3, 0.4) is 0 Å². The Kier molecular flexibility index (Phi) is 4.96. The predicted molar refractivity (Wildman–Crippen MR) is 77.7 cm³/mol.